The predicted octanol–water partition coefficient (Wildman–Crippen LogP) is 17.9. The van der Waals surface area contributed by atoms with Crippen molar-refractivity contribution in [2.75, 3.05) is 90.2 Å². The number of aromatic nitrogens is 17. The summed E-state index contributed by atoms with van der Waals surface area (Å²) in [5.41, 5.74) is 4.75. The van der Waals surface area contributed by atoms with Crippen LogP contribution in [-0.2, 0) is 25.5 Å². The SMILES string of the molecule is CC(C)(C)N1C=CCC1=O.CC(C)(C)N1C=CCN1.CC(C)(C)N1C=NCC1.CC(C)(C)N1CC=CC1.CC(C)(C)N1CC=CC1=O.CC(C)(C)N1CCCC1.CC(C)(C)N1CCCC1=O.CC(C)(C)N1CCNC1=O.CC(C)(C)N1CCSC1.CC(C)(C)n1cc[nH]c1=O.CC(C)(C)n1cccn1.CC(C)n1ccnn1.CC(C)n1cncn1.CC(C)n1cnnn1.CC(C)n1nccn1. The number of imidazole rings is 1. The van der Waals surface area contributed by atoms with Crippen LogP contribution in [0.1, 0.15) is 340 Å². The Hall–Kier alpha value is -9.19. The Labute approximate surface area is 825 Å². The zero-order chi connectivity index (χ0) is 104. The van der Waals surface area contributed by atoms with Gasteiger partial charge >= 0.3 is 11.7 Å². The molecule has 4 fully saturated rings. The van der Waals surface area contributed by atoms with Crippen molar-refractivity contribution in [1.82, 2.24) is 139 Å². The first-order valence-corrected chi connectivity index (χ1v) is 49.9. The smallest absolute Gasteiger partial charge is 0.325 e. The lowest BCUT2D eigenvalue weighted by Gasteiger charge is -2.31. The molecule has 0 atom stereocenters. The number of tetrazole rings is 1. The maximum Gasteiger partial charge on any atom is 0.325 e. The number of amides is 5. The summed E-state index contributed by atoms with van der Waals surface area (Å²) in [6.45, 7) is 99.4. The Bertz CT molecular complexity index is 4080. The monoisotopic (exact) mass is 1920 g/mol. The fraction of sp³-hybridized carbons (Fsp3) is 0.743. The number of aromatic amines is 1. The Morgan fingerprint density at radius 2 is 1.01 bits per heavy atom. The number of hydrogen-bond acceptors (Lipinski definition) is 23. The standard InChI is InChI=1S/C8H15NO.2C8H13NO.C8H17N.C8H15N.C7H14N2O.C7H12N2O.2C7H14N2.C7H12N2.C7H15NS.3C5H9N3.C4H8N4/c3*1-8(2,3)9-6-4-5-7(9)10;2*1-8(2,3)9-6-4-5-7-9;2*1-7(2,3)9-5-4-8-6(9)10;1-7(2,3)9-5-4-8-6-9;2*1-7(2,3)9-6-4-5-8-9;1-7(2,3)8-4-5-9-6-8;1-5(2)8-4-6-3-7-8;1-5(2)8-4-3-6-7-8;1-5(2)8-6-3-4-7-8;1-4(2)8-3-5-6-7-8/h4-6H2,1-3H3;4,6H,5H2,1-3H3;4-5H,6H2,1-3H3;4-7H2,1-3H3;4-5H,6-7H2,1-3H3;4-5H2,1-3H3,(H,8,10);4-5H,1-3H3,(H,8,10);6H,4-5H2,1-3H3;4,6,8H,5H2,1-3H3;4-6H,1-3H3;4-6H2,1-3H3;3*3-5H,1-2H3;3-4H,1-2H3. The van der Waals surface area contributed by atoms with Crippen LogP contribution in [0.3, 0.4) is 0 Å². The van der Waals surface area contributed by atoms with E-state index in [0.717, 1.165) is 71.7 Å². The molecular weight excluding hydrogens is 1730 g/mol. The van der Waals surface area contributed by atoms with Crippen molar-refractivity contribution in [2.45, 2.75) is 401 Å². The number of nitrogens with zero attached hydrogens (tertiary/aromatic N) is 26. The van der Waals surface area contributed by atoms with Crippen LogP contribution in [0.5, 0.6) is 0 Å². The molecule has 0 radical (unpaired) electrons. The van der Waals surface area contributed by atoms with Gasteiger partial charge in [-0.3, -0.25) is 52.7 Å². The van der Waals surface area contributed by atoms with Gasteiger partial charge in [0.15, 0.2) is 0 Å². The number of hydrazine groups is 1. The van der Waals surface area contributed by atoms with E-state index >= 15 is 0 Å². The van der Waals surface area contributed by atoms with Gasteiger partial charge in [-0.05, 0) is 333 Å². The Kier molecular flexibility index (Phi) is 53.2. The summed E-state index contributed by atoms with van der Waals surface area (Å²) in [6.07, 6.45) is 42.0. The second-order valence-corrected chi connectivity index (χ2v) is 47.3. The number of urea groups is 1. The molecule has 35 heteroatoms. The van der Waals surface area contributed by atoms with E-state index in [4.69, 9.17) is 0 Å². The van der Waals surface area contributed by atoms with Gasteiger partial charge in [0.25, 0.3) is 0 Å². The summed E-state index contributed by atoms with van der Waals surface area (Å²) in [5.74, 6) is 3.19. The molecule has 15 rings (SSSR count). The number of nitrogens with one attached hydrogen (secondary N) is 3. The molecule has 4 saturated heterocycles. The topological polar surface area (TPSA) is 325 Å². The van der Waals surface area contributed by atoms with Crippen molar-refractivity contribution in [2.24, 2.45) is 4.99 Å². The minimum absolute atomic E-state index is 0.0272. The molecule has 0 aliphatic carbocycles. The lowest BCUT2D eigenvalue weighted by atomic mass is 10.1. The van der Waals surface area contributed by atoms with Gasteiger partial charge in [-0.25, -0.2) is 24.7 Å². The van der Waals surface area contributed by atoms with Crippen LogP contribution in [0.4, 0.5) is 4.79 Å². The fourth-order valence-corrected chi connectivity index (χ4v) is 14.2. The summed E-state index contributed by atoms with van der Waals surface area (Å²) in [6, 6.07) is 3.60. The highest BCUT2D eigenvalue weighted by Crippen LogP contribution is 2.26. The number of H-pyrrole nitrogens is 1. The quantitative estimate of drug-likeness (QED) is 0.138. The number of carbonyl (C=O) groups is 4. The Balaban J connectivity index is 0.000000729. The lowest BCUT2D eigenvalue weighted by Crippen LogP contribution is -2.43. The molecule has 15 heterocycles. The van der Waals surface area contributed by atoms with E-state index in [0.29, 0.717) is 53.1 Å². The third-order valence-electron chi connectivity index (χ3n) is 21.4. The molecule has 9 aliphatic rings. The van der Waals surface area contributed by atoms with E-state index in [-0.39, 0.29) is 67.8 Å². The largest absolute Gasteiger partial charge is 0.356 e. The van der Waals surface area contributed by atoms with Gasteiger partial charge in [0.1, 0.15) is 19.0 Å². The van der Waals surface area contributed by atoms with Gasteiger partial charge in [0.2, 0.25) is 17.7 Å². The molecule has 774 valence electrons. The molecule has 34 nitrogen and oxygen atoms in total. The molecule has 0 aromatic carbocycles. The second-order valence-electron chi connectivity index (χ2n) is 46.2. The van der Waals surface area contributed by atoms with Crippen molar-refractivity contribution in [3.8, 4) is 0 Å². The van der Waals surface area contributed by atoms with Crippen molar-refractivity contribution in [3.05, 3.63) is 134 Å². The molecular formula is C101H189N29O5S. The molecule has 0 unspecified atom stereocenters. The molecule has 0 saturated carbocycles. The van der Waals surface area contributed by atoms with Crippen molar-refractivity contribution in [3.63, 3.8) is 0 Å². The summed E-state index contributed by atoms with van der Waals surface area (Å²) >= 11 is 2.03. The van der Waals surface area contributed by atoms with E-state index in [2.05, 4.69) is 294 Å². The summed E-state index contributed by atoms with van der Waals surface area (Å²) in [5, 5.41) is 38.8. The van der Waals surface area contributed by atoms with Gasteiger partial charge in [-0.1, -0.05) is 35.6 Å². The molecule has 3 N–H and O–H groups in total. The first-order chi connectivity index (χ1) is 62.4. The summed E-state index contributed by atoms with van der Waals surface area (Å²) < 4.78 is 8.90. The average Bonchev–Trinajstić information content (AvgIpc) is 1.73. The molecule has 9 aliphatic heterocycles. The minimum atomic E-state index is -0.114. The third-order valence-corrected chi connectivity index (χ3v) is 22.4. The lowest BCUT2D eigenvalue weighted by molar-refractivity contribution is -0.132. The van der Waals surface area contributed by atoms with Crippen LogP contribution in [0.15, 0.2) is 133 Å². The molecule has 6 aromatic rings. The van der Waals surface area contributed by atoms with E-state index in [9.17, 15) is 24.0 Å². The van der Waals surface area contributed by atoms with Gasteiger partial charge in [-0.15, -0.1) is 22.0 Å². The van der Waals surface area contributed by atoms with E-state index in [1.165, 1.54) is 44.1 Å². The average molecular weight is 1920 g/mol. The molecule has 0 bridgehead atoms. The molecule has 6 aromatic heterocycles. The van der Waals surface area contributed by atoms with Crippen LogP contribution in [0.2, 0.25) is 0 Å². The Morgan fingerprint density at radius 1 is 0.434 bits per heavy atom. The normalized spacial score (nSPS) is 16.8. The summed E-state index contributed by atoms with van der Waals surface area (Å²) in [4.78, 5) is 84.6. The summed E-state index contributed by atoms with van der Waals surface area (Å²) in [7, 11) is 0. The highest BCUT2D eigenvalue weighted by Gasteiger charge is 2.33. The van der Waals surface area contributed by atoms with Crippen LogP contribution in [0.25, 0.3) is 0 Å². The highest BCUT2D eigenvalue weighted by atomic mass is 32.2. The number of hydrogen-bond donors (Lipinski definition) is 3. The highest BCUT2D eigenvalue weighted by molar-refractivity contribution is 7.99. The van der Waals surface area contributed by atoms with Gasteiger partial charge in [-0.2, -0.15) is 25.2 Å². The van der Waals surface area contributed by atoms with Crippen LogP contribution in [-0.4, -0.2) is 299 Å². The van der Waals surface area contributed by atoms with Gasteiger partial charge in [0.05, 0.1) is 43.1 Å². The van der Waals surface area contributed by atoms with Crippen LogP contribution < -0.4 is 16.4 Å². The van der Waals surface area contributed by atoms with E-state index in [1.807, 2.05) is 185 Å². The van der Waals surface area contributed by atoms with Gasteiger partial charge in [0, 0.05) is 206 Å². The van der Waals surface area contributed by atoms with Crippen molar-refractivity contribution >= 4 is 41.9 Å². The number of thioether (sulfide) groups is 1. The maximum atomic E-state index is 11.1. The first-order valence-electron chi connectivity index (χ1n) is 48.8. The van der Waals surface area contributed by atoms with Crippen LogP contribution in [0, 0.1) is 0 Å². The Morgan fingerprint density at radius 3 is 1.23 bits per heavy atom. The maximum absolute atomic E-state index is 11.1. The second kappa shape index (κ2) is 58.0. The number of likely N-dealkylation sites (tertiary alicyclic amines) is 2. The molecule has 136 heavy (non-hydrogen) atoms. The predicted molar refractivity (Wildman–Crippen MR) is 562 cm³/mol. The number of carbonyl (C=O) groups excluding carboxylic acids is 4. The zero-order valence-corrected chi connectivity index (χ0v) is 93.3. The van der Waals surface area contributed by atoms with Crippen LogP contribution >= 0.6 is 11.8 Å². The fourth-order valence-electron chi connectivity index (χ4n) is 13.0. The zero-order valence-electron chi connectivity index (χ0n) is 92.4. The minimum Gasteiger partial charge on any atom is -0.356 e. The van der Waals surface area contributed by atoms with Crippen molar-refractivity contribution < 1.29 is 19.2 Å². The molecule has 0 spiro atoms. The third kappa shape index (κ3) is 51.5. The van der Waals surface area contributed by atoms with E-state index in [1.54, 1.807) is 90.5 Å². The number of aliphatic imine (C=N–C) groups is 1. The van der Waals surface area contributed by atoms with Crippen molar-refractivity contribution in [1.29, 1.82) is 0 Å². The van der Waals surface area contributed by atoms with Gasteiger partial charge < -0.3 is 39.8 Å². The number of rotatable bonds is 4. The first kappa shape index (κ1) is 125. The molecule has 5 amide bonds. The van der Waals surface area contributed by atoms with E-state index < -0.39 is 0 Å².